The van der Waals surface area contributed by atoms with Gasteiger partial charge < -0.3 is 5.32 Å². The lowest BCUT2D eigenvalue weighted by atomic mass is 9.80. The molecule has 0 saturated heterocycles. The molecule has 0 heterocycles. The highest BCUT2D eigenvalue weighted by atomic mass is 32.2. The molecule has 0 bridgehead atoms. The summed E-state index contributed by atoms with van der Waals surface area (Å²) in [6.45, 7) is 9.87. The second kappa shape index (κ2) is 7.55. The quantitative estimate of drug-likeness (QED) is 0.893. The summed E-state index contributed by atoms with van der Waals surface area (Å²) in [7, 11) is -0.921. The largest absolute Gasteiger partial charge is 0.313 e. The third-order valence-electron chi connectivity index (χ3n) is 4.51. The Bertz CT molecular complexity index is 488. The van der Waals surface area contributed by atoms with Crippen molar-refractivity contribution in [3.8, 4) is 0 Å². The second-order valence-electron chi connectivity index (χ2n) is 6.69. The van der Waals surface area contributed by atoms with Crippen molar-refractivity contribution in [1.82, 2.24) is 5.32 Å². The maximum Gasteiger partial charge on any atom is 0.0579 e. The minimum absolute atomic E-state index is 0.231. The third kappa shape index (κ3) is 4.17. The predicted octanol–water partition coefficient (Wildman–Crippen LogP) is 3.91. The van der Waals surface area contributed by atoms with E-state index in [1.54, 1.807) is 0 Å². The van der Waals surface area contributed by atoms with E-state index in [0.29, 0.717) is 12.0 Å². The molecule has 1 aromatic rings. The van der Waals surface area contributed by atoms with Gasteiger partial charge in [-0.1, -0.05) is 32.9 Å². The minimum Gasteiger partial charge on any atom is -0.313 e. The first kappa shape index (κ1) is 16.7. The summed E-state index contributed by atoms with van der Waals surface area (Å²) in [5, 5.41) is 3.89. The summed E-state index contributed by atoms with van der Waals surface area (Å²) in [6.07, 6.45) is 3.46. The highest BCUT2D eigenvalue weighted by molar-refractivity contribution is 7.85. The standard InChI is InChI=1S/C18H29NOS/c1-5-9-19-17-12-14(3)10-15(4)18(17)21(20)16-8-6-7-13(2)11-16/h6-8,11,14-15,17-19H,5,9-10,12H2,1-4H3. The van der Waals surface area contributed by atoms with Crippen molar-refractivity contribution in [2.75, 3.05) is 6.54 Å². The summed E-state index contributed by atoms with van der Waals surface area (Å²) in [5.41, 5.74) is 1.19. The summed E-state index contributed by atoms with van der Waals surface area (Å²) in [5.74, 6) is 1.23. The molecule has 5 atom stereocenters. The fourth-order valence-corrected chi connectivity index (χ4v) is 5.48. The molecule has 1 aliphatic carbocycles. The maximum absolute atomic E-state index is 13.1. The van der Waals surface area contributed by atoms with E-state index in [1.165, 1.54) is 12.0 Å². The van der Waals surface area contributed by atoms with E-state index in [9.17, 15) is 4.21 Å². The molecule has 2 nitrogen and oxygen atoms in total. The Morgan fingerprint density at radius 1 is 1.29 bits per heavy atom. The van der Waals surface area contributed by atoms with Gasteiger partial charge in [0.25, 0.3) is 0 Å². The molecule has 0 spiro atoms. The molecule has 3 heteroatoms. The number of benzene rings is 1. The lowest BCUT2D eigenvalue weighted by molar-refractivity contribution is 0.246. The van der Waals surface area contributed by atoms with Crippen LogP contribution >= 0.6 is 0 Å². The maximum atomic E-state index is 13.1. The van der Waals surface area contributed by atoms with Crippen molar-refractivity contribution < 1.29 is 4.21 Å². The average molecular weight is 308 g/mol. The van der Waals surface area contributed by atoms with E-state index < -0.39 is 10.8 Å². The third-order valence-corrected chi connectivity index (χ3v) is 6.52. The molecular formula is C18H29NOS. The van der Waals surface area contributed by atoms with Crippen molar-refractivity contribution in [3.05, 3.63) is 29.8 Å². The first-order chi connectivity index (χ1) is 10.0. The van der Waals surface area contributed by atoms with Gasteiger partial charge in [0.1, 0.15) is 0 Å². The van der Waals surface area contributed by atoms with Gasteiger partial charge in [-0.3, -0.25) is 4.21 Å². The molecule has 1 saturated carbocycles. The van der Waals surface area contributed by atoms with Gasteiger partial charge in [-0.2, -0.15) is 0 Å². The van der Waals surface area contributed by atoms with Crippen LogP contribution in [0.4, 0.5) is 0 Å². The molecule has 0 aliphatic heterocycles. The lowest BCUT2D eigenvalue weighted by Gasteiger charge is -2.39. The molecule has 0 amide bonds. The molecule has 1 N–H and O–H groups in total. The van der Waals surface area contributed by atoms with Gasteiger partial charge in [-0.15, -0.1) is 0 Å². The van der Waals surface area contributed by atoms with E-state index in [1.807, 2.05) is 12.1 Å². The molecular weight excluding hydrogens is 278 g/mol. The molecule has 1 fully saturated rings. The van der Waals surface area contributed by atoms with Gasteiger partial charge in [0.05, 0.1) is 16.0 Å². The highest BCUT2D eigenvalue weighted by Gasteiger charge is 2.37. The average Bonchev–Trinajstić information content (AvgIpc) is 2.44. The van der Waals surface area contributed by atoms with E-state index in [4.69, 9.17) is 0 Å². The monoisotopic (exact) mass is 307 g/mol. The Hall–Kier alpha value is -0.670. The van der Waals surface area contributed by atoms with Crippen LogP contribution in [0.5, 0.6) is 0 Å². The minimum atomic E-state index is -0.921. The first-order valence-corrected chi connectivity index (χ1v) is 9.44. The van der Waals surface area contributed by atoms with Gasteiger partial charge in [0, 0.05) is 10.9 Å². The fourth-order valence-electron chi connectivity index (χ4n) is 3.62. The Kier molecular flexibility index (Phi) is 6.00. The molecule has 1 aromatic carbocycles. The van der Waals surface area contributed by atoms with Crippen LogP contribution < -0.4 is 5.32 Å². The predicted molar refractivity (Wildman–Crippen MR) is 91.0 cm³/mol. The van der Waals surface area contributed by atoms with Crippen LogP contribution in [0, 0.1) is 18.8 Å². The normalized spacial score (nSPS) is 31.0. The molecule has 21 heavy (non-hydrogen) atoms. The SMILES string of the molecule is CCCNC1CC(C)CC(C)C1S(=O)c1cccc(C)c1. The zero-order valence-corrected chi connectivity index (χ0v) is 14.6. The second-order valence-corrected chi connectivity index (χ2v) is 8.30. The molecule has 118 valence electrons. The van der Waals surface area contributed by atoms with Crippen LogP contribution in [0.25, 0.3) is 0 Å². The number of aryl methyl sites for hydroxylation is 1. The Morgan fingerprint density at radius 3 is 2.71 bits per heavy atom. The summed E-state index contributed by atoms with van der Waals surface area (Å²) in [4.78, 5) is 0.990. The summed E-state index contributed by atoms with van der Waals surface area (Å²) >= 11 is 0. The summed E-state index contributed by atoms with van der Waals surface area (Å²) in [6, 6.07) is 8.57. The number of nitrogens with one attached hydrogen (secondary N) is 1. The Balaban J connectivity index is 2.21. The van der Waals surface area contributed by atoms with Crippen molar-refractivity contribution in [2.45, 2.75) is 63.1 Å². The van der Waals surface area contributed by atoms with Crippen LogP contribution in [0.1, 0.15) is 45.6 Å². The van der Waals surface area contributed by atoms with E-state index in [0.717, 1.165) is 30.2 Å². The van der Waals surface area contributed by atoms with E-state index in [2.05, 4.69) is 45.1 Å². The first-order valence-electron chi connectivity index (χ1n) is 8.23. The molecule has 2 rings (SSSR count). The van der Waals surface area contributed by atoms with Crippen molar-refractivity contribution in [2.24, 2.45) is 11.8 Å². The zero-order chi connectivity index (χ0) is 15.4. The van der Waals surface area contributed by atoms with Gasteiger partial charge in [-0.25, -0.2) is 0 Å². The smallest absolute Gasteiger partial charge is 0.0579 e. The molecule has 0 aromatic heterocycles. The van der Waals surface area contributed by atoms with E-state index >= 15 is 0 Å². The van der Waals surface area contributed by atoms with Crippen LogP contribution in [0.3, 0.4) is 0 Å². The number of hydrogen-bond acceptors (Lipinski definition) is 2. The van der Waals surface area contributed by atoms with Crippen LogP contribution in [0.15, 0.2) is 29.2 Å². The van der Waals surface area contributed by atoms with Crippen LogP contribution in [-0.2, 0) is 10.8 Å². The number of hydrogen-bond donors (Lipinski definition) is 1. The molecule has 0 radical (unpaired) electrons. The van der Waals surface area contributed by atoms with Crippen molar-refractivity contribution >= 4 is 10.8 Å². The topological polar surface area (TPSA) is 29.1 Å². The lowest BCUT2D eigenvalue weighted by Crippen LogP contribution is -2.50. The van der Waals surface area contributed by atoms with Gasteiger partial charge in [0.2, 0.25) is 0 Å². The van der Waals surface area contributed by atoms with Gasteiger partial charge >= 0.3 is 0 Å². The molecule has 1 aliphatic rings. The number of rotatable bonds is 5. The summed E-state index contributed by atoms with van der Waals surface area (Å²) < 4.78 is 13.1. The van der Waals surface area contributed by atoms with E-state index in [-0.39, 0.29) is 5.25 Å². The van der Waals surface area contributed by atoms with Crippen molar-refractivity contribution in [3.63, 3.8) is 0 Å². The van der Waals surface area contributed by atoms with Gasteiger partial charge in [0.15, 0.2) is 0 Å². The van der Waals surface area contributed by atoms with Gasteiger partial charge in [-0.05, 0) is 62.3 Å². The Morgan fingerprint density at radius 2 is 2.05 bits per heavy atom. The fraction of sp³-hybridized carbons (Fsp3) is 0.667. The van der Waals surface area contributed by atoms with Crippen LogP contribution in [-0.4, -0.2) is 22.0 Å². The Labute approximate surface area is 132 Å². The zero-order valence-electron chi connectivity index (χ0n) is 13.8. The highest BCUT2D eigenvalue weighted by Crippen LogP contribution is 2.34. The molecule has 5 unspecified atom stereocenters. The van der Waals surface area contributed by atoms with Crippen molar-refractivity contribution in [1.29, 1.82) is 0 Å². The van der Waals surface area contributed by atoms with Crippen LogP contribution in [0.2, 0.25) is 0 Å².